The molecule has 1 aliphatic carbocycles. The van der Waals surface area contributed by atoms with Crippen LogP contribution < -0.4 is 15.6 Å². The molecule has 1 aromatic rings. The average Bonchev–Trinajstić information content (AvgIpc) is 2.95. The number of hydrazone groups is 1. The van der Waals surface area contributed by atoms with Crippen molar-refractivity contribution in [1.82, 2.24) is 10.7 Å². The van der Waals surface area contributed by atoms with E-state index in [2.05, 4.69) is 15.8 Å². The molecule has 1 fully saturated rings. The summed E-state index contributed by atoms with van der Waals surface area (Å²) in [4.78, 5) is 1.49. The van der Waals surface area contributed by atoms with Gasteiger partial charge in [0.25, 0.3) is 0 Å². The molecular formula is C17H24FN4O2S+. The molecule has 0 amide bonds. The van der Waals surface area contributed by atoms with Crippen molar-refractivity contribution in [2.45, 2.75) is 19.3 Å². The molecule has 4 N–H and O–H groups in total. The van der Waals surface area contributed by atoms with Gasteiger partial charge >= 0.3 is 0 Å². The fourth-order valence-electron chi connectivity index (χ4n) is 3.38. The molecule has 1 aromatic carbocycles. The van der Waals surface area contributed by atoms with E-state index < -0.39 is 0 Å². The van der Waals surface area contributed by atoms with Gasteiger partial charge in [0.1, 0.15) is 24.7 Å². The third kappa shape index (κ3) is 4.26. The van der Waals surface area contributed by atoms with Crippen LogP contribution in [0.1, 0.15) is 30.4 Å². The van der Waals surface area contributed by atoms with Crippen molar-refractivity contribution in [2.24, 2.45) is 5.10 Å². The number of fused-ring (bicyclic) bond motifs is 1. The summed E-state index contributed by atoms with van der Waals surface area (Å²) >= 11 is 5.24. The molecule has 1 atom stereocenters. The Kier molecular flexibility index (Phi) is 5.82. The van der Waals surface area contributed by atoms with E-state index in [-0.39, 0.29) is 17.5 Å². The van der Waals surface area contributed by atoms with E-state index in [0.717, 1.165) is 39.4 Å². The van der Waals surface area contributed by atoms with E-state index in [1.807, 2.05) is 6.92 Å². The second kappa shape index (κ2) is 8.07. The second-order valence-corrected chi connectivity index (χ2v) is 6.91. The number of rotatable bonds is 4. The fraction of sp³-hybridized carbons (Fsp3) is 0.529. The van der Waals surface area contributed by atoms with Gasteiger partial charge in [-0.25, -0.2) is 4.39 Å². The van der Waals surface area contributed by atoms with Crippen LogP contribution in [0, 0.1) is 5.82 Å². The number of hydrogen-bond donors (Lipinski definition) is 4. The standard InChI is InChI=1S/C17H23FN4O2S/c1-11-10-13(16-14(23)3-2-12(18)15(11)16)20-21-17(25)19-4-5-22-6-8-24-9-7-22/h2-3,11,23H,4-10H2,1H3,(H2,19,21,25)/p+1/b20-13+/t11-/m0/s1. The van der Waals surface area contributed by atoms with Crippen molar-refractivity contribution in [2.75, 3.05) is 39.4 Å². The first-order chi connectivity index (χ1) is 12.1. The molecule has 136 valence electrons. The van der Waals surface area contributed by atoms with Gasteiger partial charge in [-0.1, -0.05) is 6.92 Å². The third-order valence-corrected chi connectivity index (χ3v) is 4.94. The van der Waals surface area contributed by atoms with Crippen molar-refractivity contribution < 1.29 is 19.1 Å². The second-order valence-electron chi connectivity index (χ2n) is 6.50. The van der Waals surface area contributed by atoms with E-state index in [0.29, 0.717) is 28.4 Å². The Labute approximate surface area is 152 Å². The SMILES string of the molecule is C[C@H]1C/C(=N\NC(=S)NCC[NH+]2CCOCC2)c2c(O)ccc(F)c21. The van der Waals surface area contributed by atoms with Crippen LogP contribution in [0.25, 0.3) is 0 Å². The number of ether oxygens (including phenoxy) is 1. The topological polar surface area (TPSA) is 70.3 Å². The molecule has 0 radical (unpaired) electrons. The predicted molar refractivity (Wildman–Crippen MR) is 97.8 cm³/mol. The Hall–Kier alpha value is -1.77. The van der Waals surface area contributed by atoms with Crippen LogP contribution in [0.4, 0.5) is 4.39 Å². The summed E-state index contributed by atoms with van der Waals surface area (Å²) in [7, 11) is 0. The lowest BCUT2D eigenvalue weighted by atomic mass is 10.0. The van der Waals surface area contributed by atoms with Gasteiger partial charge in [-0.3, -0.25) is 5.43 Å². The minimum Gasteiger partial charge on any atom is -0.507 e. The molecule has 0 saturated carbocycles. The Morgan fingerprint density at radius 3 is 2.96 bits per heavy atom. The van der Waals surface area contributed by atoms with E-state index in [4.69, 9.17) is 17.0 Å². The van der Waals surface area contributed by atoms with E-state index in [1.54, 1.807) is 0 Å². The fourth-order valence-corrected chi connectivity index (χ4v) is 3.53. The quantitative estimate of drug-likeness (QED) is 0.450. The Morgan fingerprint density at radius 2 is 2.20 bits per heavy atom. The largest absolute Gasteiger partial charge is 0.507 e. The number of morpholine rings is 1. The predicted octanol–water partition coefficient (Wildman–Crippen LogP) is 0.122. The van der Waals surface area contributed by atoms with E-state index in [9.17, 15) is 9.50 Å². The molecule has 0 aromatic heterocycles. The Balaban J connectivity index is 1.54. The number of nitrogens with one attached hydrogen (secondary N) is 3. The van der Waals surface area contributed by atoms with Crippen molar-refractivity contribution in [3.05, 3.63) is 29.1 Å². The smallest absolute Gasteiger partial charge is 0.187 e. The van der Waals surface area contributed by atoms with Crippen LogP contribution in [0.15, 0.2) is 17.2 Å². The van der Waals surface area contributed by atoms with Crippen molar-refractivity contribution >= 4 is 23.0 Å². The lowest BCUT2D eigenvalue weighted by molar-refractivity contribution is -0.906. The molecule has 8 heteroatoms. The summed E-state index contributed by atoms with van der Waals surface area (Å²) in [5.74, 6) is -0.273. The molecule has 3 rings (SSSR count). The van der Waals surface area contributed by atoms with Crippen molar-refractivity contribution in [1.29, 1.82) is 0 Å². The van der Waals surface area contributed by atoms with Gasteiger partial charge in [0.05, 0.1) is 32.0 Å². The highest BCUT2D eigenvalue weighted by molar-refractivity contribution is 7.80. The molecular weight excluding hydrogens is 343 g/mol. The number of phenols is 1. The zero-order valence-corrected chi connectivity index (χ0v) is 15.1. The van der Waals surface area contributed by atoms with Crippen LogP contribution in [-0.4, -0.2) is 55.3 Å². The molecule has 2 aliphatic rings. The van der Waals surface area contributed by atoms with Gasteiger partial charge in [-0.15, -0.1) is 0 Å². The van der Waals surface area contributed by atoms with Gasteiger partial charge in [0.2, 0.25) is 0 Å². The minimum atomic E-state index is -0.306. The monoisotopic (exact) mass is 367 g/mol. The number of nitrogens with zero attached hydrogens (tertiary/aromatic N) is 1. The molecule has 0 bridgehead atoms. The highest BCUT2D eigenvalue weighted by atomic mass is 32.1. The van der Waals surface area contributed by atoms with E-state index >= 15 is 0 Å². The number of benzene rings is 1. The Bertz CT molecular complexity index is 677. The number of thiocarbonyl (C=S) groups is 1. The lowest BCUT2D eigenvalue weighted by Crippen LogP contribution is -3.14. The summed E-state index contributed by atoms with van der Waals surface area (Å²) in [5.41, 5.74) is 4.45. The van der Waals surface area contributed by atoms with Crippen molar-refractivity contribution in [3.63, 3.8) is 0 Å². The first-order valence-electron chi connectivity index (χ1n) is 8.59. The van der Waals surface area contributed by atoms with Crippen LogP contribution in [0.3, 0.4) is 0 Å². The summed E-state index contributed by atoms with van der Waals surface area (Å²) in [6, 6.07) is 2.66. The highest BCUT2D eigenvalue weighted by Crippen LogP contribution is 2.39. The molecule has 1 heterocycles. The molecule has 1 aliphatic heterocycles. The lowest BCUT2D eigenvalue weighted by Gasteiger charge is -2.23. The van der Waals surface area contributed by atoms with Gasteiger partial charge in [-0.2, -0.15) is 5.10 Å². The number of aromatic hydroxyl groups is 1. The van der Waals surface area contributed by atoms with Crippen LogP contribution >= 0.6 is 12.2 Å². The molecule has 0 spiro atoms. The highest BCUT2D eigenvalue weighted by Gasteiger charge is 2.30. The van der Waals surface area contributed by atoms with Gasteiger partial charge in [0.15, 0.2) is 5.11 Å². The zero-order chi connectivity index (χ0) is 17.8. The number of hydrogen-bond acceptors (Lipinski definition) is 4. The van der Waals surface area contributed by atoms with Crippen molar-refractivity contribution in [3.8, 4) is 5.75 Å². The first-order valence-corrected chi connectivity index (χ1v) is 9.00. The first kappa shape index (κ1) is 18.0. The van der Waals surface area contributed by atoms with Gasteiger partial charge in [0, 0.05) is 11.1 Å². The van der Waals surface area contributed by atoms with Gasteiger partial charge in [-0.05, 0) is 36.7 Å². The van der Waals surface area contributed by atoms with Crippen LogP contribution in [0.5, 0.6) is 5.75 Å². The Morgan fingerprint density at radius 1 is 1.44 bits per heavy atom. The maximum atomic E-state index is 14.0. The zero-order valence-electron chi connectivity index (χ0n) is 14.3. The van der Waals surface area contributed by atoms with Gasteiger partial charge < -0.3 is 20.1 Å². The summed E-state index contributed by atoms with van der Waals surface area (Å²) in [5, 5.41) is 17.9. The molecule has 0 unspecified atom stereocenters. The molecule has 1 saturated heterocycles. The third-order valence-electron chi connectivity index (χ3n) is 4.71. The molecule has 25 heavy (non-hydrogen) atoms. The average molecular weight is 367 g/mol. The number of quaternary nitrogens is 1. The van der Waals surface area contributed by atoms with Crippen LogP contribution in [-0.2, 0) is 4.74 Å². The maximum Gasteiger partial charge on any atom is 0.187 e. The minimum absolute atomic E-state index is 0.0194. The number of halogens is 1. The summed E-state index contributed by atoms with van der Waals surface area (Å²) < 4.78 is 19.3. The van der Waals surface area contributed by atoms with Crippen LogP contribution in [0.2, 0.25) is 0 Å². The molecule has 6 nitrogen and oxygen atoms in total. The number of phenolic OH excluding ortho intramolecular Hbond substituents is 1. The normalized spacial score (nSPS) is 22.0. The summed E-state index contributed by atoms with van der Waals surface area (Å²) in [6.45, 7) is 7.29. The van der Waals surface area contributed by atoms with E-state index in [1.165, 1.54) is 17.0 Å². The maximum absolute atomic E-state index is 14.0. The summed E-state index contributed by atoms with van der Waals surface area (Å²) in [6.07, 6.45) is 0.567.